The molecule has 0 fully saturated rings. The molecule has 36 heavy (non-hydrogen) atoms. The summed E-state index contributed by atoms with van der Waals surface area (Å²) in [5.41, 5.74) is 0.513. The number of aryl methyl sites for hydroxylation is 2. The van der Waals surface area contributed by atoms with Gasteiger partial charge in [-0.25, -0.2) is 9.78 Å². The smallest absolute Gasteiger partial charge is 0.350 e. The Morgan fingerprint density at radius 2 is 2.11 bits per heavy atom. The maximum atomic E-state index is 12.5. The van der Waals surface area contributed by atoms with Crippen molar-refractivity contribution in [2.24, 2.45) is 0 Å². The lowest BCUT2D eigenvalue weighted by Crippen LogP contribution is -2.14. The summed E-state index contributed by atoms with van der Waals surface area (Å²) in [6, 6.07) is 5.08. The number of allylic oxidation sites excluding steroid dienone is 1. The number of nitrogens with one attached hydrogen (secondary N) is 1. The number of rotatable bonds is 13. The lowest BCUT2D eigenvalue weighted by Gasteiger charge is -2.09. The molecule has 2 heterocycles. The lowest BCUT2D eigenvalue weighted by atomic mass is 10.3. The SMILES string of the molecule is C=CCn1c(CCCOc2ccc(Cl)cc2Cl)nnc1SCC(=O)Nc1nc(C)c(C(=O)OCC)s1. The summed E-state index contributed by atoms with van der Waals surface area (Å²) in [6.07, 6.45) is 3.05. The Hall–Kier alpha value is -2.60. The molecule has 0 saturated heterocycles. The number of hydrogen-bond acceptors (Lipinski definition) is 9. The number of carbonyl (C=O) groups excluding carboxylic acids is 2. The van der Waals surface area contributed by atoms with Gasteiger partial charge in [0, 0.05) is 18.0 Å². The average molecular weight is 571 g/mol. The zero-order valence-electron chi connectivity index (χ0n) is 19.8. The van der Waals surface area contributed by atoms with E-state index < -0.39 is 5.97 Å². The third kappa shape index (κ3) is 7.70. The van der Waals surface area contributed by atoms with Gasteiger partial charge in [-0.05, 0) is 38.5 Å². The van der Waals surface area contributed by atoms with Crippen molar-refractivity contribution in [1.82, 2.24) is 19.7 Å². The molecule has 3 rings (SSSR count). The standard InChI is InChI=1S/C23H25Cl2N5O4S2/c1-4-10-30-18(7-6-11-34-17-9-8-15(24)12-16(17)25)28-29-23(30)35-13-19(31)27-22-26-14(3)20(36-22)21(32)33-5-2/h4,8-9,12H,1,5-7,10-11,13H2,2-3H3,(H,26,27,31). The Labute approximate surface area is 227 Å². The number of thioether (sulfide) groups is 1. The third-order valence-corrected chi connectivity index (χ3v) is 7.19. The number of aromatic nitrogens is 4. The van der Waals surface area contributed by atoms with Crippen LogP contribution in [0.25, 0.3) is 0 Å². The van der Waals surface area contributed by atoms with Gasteiger partial charge in [-0.15, -0.1) is 16.8 Å². The minimum atomic E-state index is -0.450. The number of anilines is 1. The highest BCUT2D eigenvalue weighted by Crippen LogP contribution is 2.28. The molecule has 2 aromatic heterocycles. The Bertz CT molecular complexity index is 1230. The van der Waals surface area contributed by atoms with E-state index >= 15 is 0 Å². The number of esters is 1. The summed E-state index contributed by atoms with van der Waals surface area (Å²) in [5.74, 6) is 0.709. The summed E-state index contributed by atoms with van der Waals surface area (Å²) >= 11 is 14.4. The molecule has 1 aromatic carbocycles. The van der Waals surface area contributed by atoms with Gasteiger partial charge in [0.05, 0.1) is 29.7 Å². The Morgan fingerprint density at radius 1 is 1.31 bits per heavy atom. The number of hydrogen-bond donors (Lipinski definition) is 1. The zero-order chi connectivity index (χ0) is 26.1. The van der Waals surface area contributed by atoms with Gasteiger partial charge in [0.1, 0.15) is 16.5 Å². The predicted octanol–water partition coefficient (Wildman–Crippen LogP) is 5.45. The molecular weight excluding hydrogens is 545 g/mol. The number of halogens is 2. The third-order valence-electron chi connectivity index (χ3n) is 4.64. The van der Waals surface area contributed by atoms with Gasteiger partial charge in [0.2, 0.25) is 5.91 Å². The number of thiazole rings is 1. The first-order chi connectivity index (χ1) is 17.3. The first kappa shape index (κ1) is 28.0. The second-order valence-electron chi connectivity index (χ2n) is 7.32. The second-order valence-corrected chi connectivity index (χ2v) is 10.1. The van der Waals surface area contributed by atoms with Gasteiger partial charge >= 0.3 is 5.97 Å². The van der Waals surface area contributed by atoms with Crippen LogP contribution in [0.5, 0.6) is 5.75 Å². The molecule has 0 aliphatic heterocycles. The Morgan fingerprint density at radius 3 is 2.83 bits per heavy atom. The van der Waals surface area contributed by atoms with E-state index in [0.29, 0.717) is 62.6 Å². The highest BCUT2D eigenvalue weighted by atomic mass is 35.5. The van der Waals surface area contributed by atoms with Crippen molar-refractivity contribution in [2.45, 2.75) is 38.4 Å². The van der Waals surface area contributed by atoms with Gasteiger partial charge in [-0.3, -0.25) is 4.79 Å². The quantitative estimate of drug-likeness (QED) is 0.125. The lowest BCUT2D eigenvalue weighted by molar-refractivity contribution is -0.113. The molecule has 0 unspecified atom stereocenters. The number of amides is 1. The average Bonchev–Trinajstić information content (AvgIpc) is 3.39. The Balaban J connectivity index is 1.53. The van der Waals surface area contributed by atoms with E-state index in [1.807, 2.05) is 4.57 Å². The monoisotopic (exact) mass is 569 g/mol. The summed E-state index contributed by atoms with van der Waals surface area (Å²) in [6.45, 7) is 8.44. The molecule has 9 nitrogen and oxygen atoms in total. The first-order valence-corrected chi connectivity index (χ1v) is 13.6. The van der Waals surface area contributed by atoms with Gasteiger partial charge in [-0.1, -0.05) is 52.4 Å². The fourth-order valence-electron chi connectivity index (χ4n) is 3.05. The fourth-order valence-corrected chi connectivity index (χ4v) is 5.16. The van der Waals surface area contributed by atoms with Crippen LogP contribution in [0.2, 0.25) is 10.0 Å². The minimum Gasteiger partial charge on any atom is -0.492 e. The summed E-state index contributed by atoms with van der Waals surface area (Å²) < 4.78 is 12.7. The highest BCUT2D eigenvalue weighted by Gasteiger charge is 2.18. The summed E-state index contributed by atoms with van der Waals surface area (Å²) in [5, 5.41) is 13.2. The zero-order valence-corrected chi connectivity index (χ0v) is 22.9. The van der Waals surface area contributed by atoms with Crippen LogP contribution in [-0.2, 0) is 22.5 Å². The molecule has 3 aromatic rings. The maximum absolute atomic E-state index is 12.5. The highest BCUT2D eigenvalue weighted by molar-refractivity contribution is 7.99. The topological polar surface area (TPSA) is 108 Å². The van der Waals surface area contributed by atoms with E-state index in [0.717, 1.165) is 17.2 Å². The van der Waals surface area contributed by atoms with Crippen LogP contribution in [0.1, 0.15) is 34.5 Å². The van der Waals surface area contributed by atoms with Crippen molar-refractivity contribution in [3.8, 4) is 5.75 Å². The van der Waals surface area contributed by atoms with Crippen LogP contribution < -0.4 is 10.1 Å². The molecule has 13 heteroatoms. The van der Waals surface area contributed by atoms with Crippen molar-refractivity contribution < 1.29 is 19.1 Å². The molecule has 192 valence electrons. The van der Waals surface area contributed by atoms with Crippen LogP contribution in [0.4, 0.5) is 5.13 Å². The van der Waals surface area contributed by atoms with Crippen LogP contribution in [0, 0.1) is 6.92 Å². The molecule has 0 radical (unpaired) electrons. The van der Waals surface area contributed by atoms with E-state index in [4.69, 9.17) is 32.7 Å². The van der Waals surface area contributed by atoms with Crippen molar-refractivity contribution >= 4 is 63.3 Å². The van der Waals surface area contributed by atoms with Gasteiger partial charge in [0.15, 0.2) is 10.3 Å². The normalized spacial score (nSPS) is 10.8. The van der Waals surface area contributed by atoms with Crippen molar-refractivity contribution in [2.75, 3.05) is 24.3 Å². The molecule has 0 bridgehead atoms. The Kier molecular flexibility index (Phi) is 10.6. The van der Waals surface area contributed by atoms with Gasteiger partial charge < -0.3 is 19.4 Å². The molecule has 0 aliphatic carbocycles. The van der Waals surface area contributed by atoms with Crippen molar-refractivity contribution in [3.05, 3.63) is 57.3 Å². The van der Waals surface area contributed by atoms with Crippen LogP contribution >= 0.6 is 46.3 Å². The van der Waals surface area contributed by atoms with Crippen molar-refractivity contribution in [3.63, 3.8) is 0 Å². The largest absolute Gasteiger partial charge is 0.492 e. The number of ether oxygens (including phenoxy) is 2. The molecule has 0 spiro atoms. The number of benzene rings is 1. The van der Waals surface area contributed by atoms with E-state index in [1.54, 1.807) is 38.1 Å². The number of carbonyl (C=O) groups is 2. The van der Waals surface area contributed by atoms with Crippen molar-refractivity contribution in [1.29, 1.82) is 0 Å². The van der Waals surface area contributed by atoms with Crippen LogP contribution in [0.3, 0.4) is 0 Å². The number of nitrogens with zero attached hydrogens (tertiary/aromatic N) is 4. The molecule has 0 aliphatic rings. The summed E-state index contributed by atoms with van der Waals surface area (Å²) in [7, 11) is 0. The van der Waals surface area contributed by atoms with E-state index in [-0.39, 0.29) is 18.3 Å². The minimum absolute atomic E-state index is 0.0980. The predicted molar refractivity (Wildman–Crippen MR) is 143 cm³/mol. The van der Waals surface area contributed by atoms with Gasteiger partial charge in [0.25, 0.3) is 0 Å². The molecule has 1 amide bonds. The molecule has 0 atom stereocenters. The molecule has 1 N–H and O–H groups in total. The maximum Gasteiger partial charge on any atom is 0.350 e. The first-order valence-electron chi connectivity index (χ1n) is 11.0. The second kappa shape index (κ2) is 13.6. The van der Waals surface area contributed by atoms with Crippen LogP contribution in [-0.4, -0.2) is 50.6 Å². The molecular formula is C23H25Cl2N5O4S2. The summed E-state index contributed by atoms with van der Waals surface area (Å²) in [4.78, 5) is 29.0. The van der Waals surface area contributed by atoms with Gasteiger partial charge in [-0.2, -0.15) is 0 Å². The van der Waals surface area contributed by atoms with E-state index in [9.17, 15) is 9.59 Å². The fraction of sp³-hybridized carbons (Fsp3) is 0.348. The molecule has 0 saturated carbocycles. The van der Waals surface area contributed by atoms with E-state index in [2.05, 4.69) is 27.1 Å². The van der Waals surface area contributed by atoms with E-state index in [1.165, 1.54) is 11.8 Å². The van der Waals surface area contributed by atoms with Crippen LogP contribution in [0.15, 0.2) is 36.0 Å².